The summed E-state index contributed by atoms with van der Waals surface area (Å²) in [5, 5.41) is 8.66. The third-order valence-corrected chi connectivity index (χ3v) is 2.43. The van der Waals surface area contributed by atoms with Crippen LogP contribution < -0.4 is 0 Å². The smallest absolute Gasteiger partial charge is 0.331 e. The van der Waals surface area contributed by atoms with E-state index in [0.717, 1.165) is 18.9 Å². The van der Waals surface area contributed by atoms with Crippen LogP contribution in [0, 0.1) is 0 Å². The van der Waals surface area contributed by atoms with Crippen molar-refractivity contribution in [3.63, 3.8) is 0 Å². The highest BCUT2D eigenvalue weighted by atomic mass is 16.6. The predicted molar refractivity (Wildman–Crippen MR) is 72.0 cm³/mol. The highest BCUT2D eigenvalue weighted by molar-refractivity contribution is 5.94. The van der Waals surface area contributed by atoms with Crippen molar-refractivity contribution in [2.75, 3.05) is 6.61 Å². The minimum Gasteiger partial charge on any atom is -0.478 e. The van der Waals surface area contributed by atoms with Gasteiger partial charge in [-0.25, -0.2) is 9.59 Å². The predicted octanol–water partition coefficient (Wildman–Crippen LogP) is 2.07. The zero-order valence-electron chi connectivity index (χ0n) is 12.2. The number of hydrogen-bond acceptors (Lipinski definition) is 5. The average molecular weight is 286 g/mol. The molecule has 0 saturated heterocycles. The average Bonchev–Trinajstić information content (AvgIpc) is 2.36. The van der Waals surface area contributed by atoms with Gasteiger partial charge < -0.3 is 14.6 Å². The van der Waals surface area contributed by atoms with Crippen molar-refractivity contribution in [3.8, 4) is 0 Å². The Bertz CT molecular complexity index is 372. The molecule has 0 radical (unpaired) electrons. The van der Waals surface area contributed by atoms with Gasteiger partial charge in [0.25, 0.3) is 0 Å². The van der Waals surface area contributed by atoms with Gasteiger partial charge in [0.05, 0.1) is 13.0 Å². The van der Waals surface area contributed by atoms with Crippen LogP contribution >= 0.6 is 0 Å². The maximum absolute atomic E-state index is 11.5. The topological polar surface area (TPSA) is 89.9 Å². The molecule has 1 unspecified atom stereocenters. The Morgan fingerprint density at radius 3 is 2.35 bits per heavy atom. The molecule has 0 fully saturated rings. The second kappa shape index (κ2) is 10.00. The maximum Gasteiger partial charge on any atom is 0.331 e. The molecule has 0 aliphatic carbocycles. The summed E-state index contributed by atoms with van der Waals surface area (Å²) in [5.41, 5.74) is -0.112. The van der Waals surface area contributed by atoms with Crippen LogP contribution in [-0.2, 0) is 23.9 Å². The molecule has 0 aliphatic rings. The molecule has 6 heteroatoms. The van der Waals surface area contributed by atoms with E-state index in [2.05, 4.69) is 0 Å². The fraction of sp³-hybridized carbons (Fsp3) is 0.643. The molecule has 0 bridgehead atoms. The lowest BCUT2D eigenvalue weighted by atomic mass is 10.1. The number of carboxylic acids is 1. The summed E-state index contributed by atoms with van der Waals surface area (Å²) in [7, 11) is 0. The van der Waals surface area contributed by atoms with Crippen LogP contribution in [0.25, 0.3) is 0 Å². The first-order valence-corrected chi connectivity index (χ1v) is 6.68. The Hall–Kier alpha value is -1.85. The first-order chi connectivity index (χ1) is 9.40. The highest BCUT2D eigenvalue weighted by Gasteiger charge is 2.18. The molecule has 0 saturated carbocycles. The lowest BCUT2D eigenvalue weighted by molar-refractivity contribution is -0.152. The summed E-state index contributed by atoms with van der Waals surface area (Å²) in [6.07, 6.45) is 2.29. The molecule has 0 aromatic heterocycles. The van der Waals surface area contributed by atoms with E-state index in [1.807, 2.05) is 13.8 Å². The third-order valence-electron chi connectivity index (χ3n) is 2.43. The standard InChI is InChI=1S/C14H22O6/c1-4-6-11(9-12(15)19-7-5-2)20-13(16)8-10(3)14(17)18/h8,11H,4-7,9H2,1-3H3,(H,17,18)/b10-8-. The van der Waals surface area contributed by atoms with Crippen molar-refractivity contribution >= 4 is 17.9 Å². The molecule has 0 aliphatic heterocycles. The van der Waals surface area contributed by atoms with Crippen molar-refractivity contribution in [3.05, 3.63) is 11.6 Å². The largest absolute Gasteiger partial charge is 0.478 e. The number of esters is 2. The van der Waals surface area contributed by atoms with E-state index in [0.29, 0.717) is 13.0 Å². The zero-order chi connectivity index (χ0) is 15.5. The van der Waals surface area contributed by atoms with Crippen LogP contribution in [0.5, 0.6) is 0 Å². The lowest BCUT2D eigenvalue weighted by Gasteiger charge is -2.15. The first kappa shape index (κ1) is 18.1. The number of carbonyl (C=O) groups is 3. The van der Waals surface area contributed by atoms with Crippen LogP contribution in [0.1, 0.15) is 46.5 Å². The Labute approximate surface area is 118 Å². The molecule has 6 nitrogen and oxygen atoms in total. The second-order valence-electron chi connectivity index (χ2n) is 4.40. The number of carbonyl (C=O) groups excluding carboxylic acids is 2. The van der Waals surface area contributed by atoms with E-state index in [-0.39, 0.29) is 12.0 Å². The molecule has 114 valence electrons. The van der Waals surface area contributed by atoms with Crippen LogP contribution in [0.15, 0.2) is 11.6 Å². The number of carboxylic acid groups (broad SMARTS) is 1. The minimum atomic E-state index is -1.18. The molecular formula is C14H22O6. The molecular weight excluding hydrogens is 264 g/mol. The molecule has 20 heavy (non-hydrogen) atoms. The molecule has 0 aromatic rings. The van der Waals surface area contributed by atoms with E-state index in [1.54, 1.807) is 0 Å². The van der Waals surface area contributed by atoms with Crippen molar-refractivity contribution in [2.24, 2.45) is 0 Å². The van der Waals surface area contributed by atoms with Crippen LogP contribution in [0.3, 0.4) is 0 Å². The van der Waals surface area contributed by atoms with Gasteiger partial charge in [0, 0.05) is 11.6 Å². The summed E-state index contributed by atoms with van der Waals surface area (Å²) in [4.78, 5) is 33.6. The Morgan fingerprint density at radius 1 is 1.20 bits per heavy atom. The van der Waals surface area contributed by atoms with Crippen LogP contribution in [-0.4, -0.2) is 35.7 Å². The van der Waals surface area contributed by atoms with Gasteiger partial charge in [0.15, 0.2) is 0 Å². The SMILES string of the molecule is CCCOC(=O)CC(CCC)OC(=O)/C=C(/C)C(=O)O. The zero-order valence-corrected chi connectivity index (χ0v) is 12.2. The van der Waals surface area contributed by atoms with E-state index in [4.69, 9.17) is 14.6 Å². The monoisotopic (exact) mass is 286 g/mol. The van der Waals surface area contributed by atoms with E-state index < -0.39 is 24.0 Å². The molecule has 1 N–H and O–H groups in total. The van der Waals surface area contributed by atoms with E-state index in [9.17, 15) is 14.4 Å². The van der Waals surface area contributed by atoms with Gasteiger partial charge in [-0.3, -0.25) is 4.79 Å². The van der Waals surface area contributed by atoms with Gasteiger partial charge in [0.1, 0.15) is 6.10 Å². The normalized spacial score (nSPS) is 12.7. The van der Waals surface area contributed by atoms with Gasteiger partial charge in [-0.05, 0) is 19.8 Å². The number of aliphatic carboxylic acids is 1. The molecule has 0 heterocycles. The maximum atomic E-state index is 11.5. The summed E-state index contributed by atoms with van der Waals surface area (Å²) in [6, 6.07) is 0. The summed E-state index contributed by atoms with van der Waals surface area (Å²) < 4.78 is 10.0. The minimum absolute atomic E-state index is 0.0143. The fourth-order valence-corrected chi connectivity index (χ4v) is 1.42. The van der Waals surface area contributed by atoms with Gasteiger partial charge in [-0.2, -0.15) is 0 Å². The van der Waals surface area contributed by atoms with Crippen molar-refractivity contribution in [2.45, 2.75) is 52.6 Å². The summed E-state index contributed by atoms with van der Waals surface area (Å²) >= 11 is 0. The van der Waals surface area contributed by atoms with Gasteiger partial charge >= 0.3 is 17.9 Å². The highest BCUT2D eigenvalue weighted by Crippen LogP contribution is 2.10. The molecule has 1 atom stereocenters. The first-order valence-electron chi connectivity index (χ1n) is 6.68. The van der Waals surface area contributed by atoms with E-state index in [1.165, 1.54) is 6.92 Å². The number of hydrogen-bond donors (Lipinski definition) is 1. The molecule has 0 rings (SSSR count). The van der Waals surface area contributed by atoms with Gasteiger partial charge in [0.2, 0.25) is 0 Å². The Morgan fingerprint density at radius 2 is 1.85 bits per heavy atom. The Balaban J connectivity index is 4.46. The van der Waals surface area contributed by atoms with E-state index >= 15 is 0 Å². The van der Waals surface area contributed by atoms with Crippen molar-refractivity contribution in [1.82, 2.24) is 0 Å². The van der Waals surface area contributed by atoms with Crippen molar-refractivity contribution < 1.29 is 29.0 Å². The lowest BCUT2D eigenvalue weighted by Crippen LogP contribution is -2.22. The number of ether oxygens (including phenoxy) is 2. The molecule has 0 spiro atoms. The number of rotatable bonds is 9. The molecule has 0 aromatic carbocycles. The quantitative estimate of drug-likeness (QED) is 0.515. The van der Waals surface area contributed by atoms with Crippen LogP contribution in [0.2, 0.25) is 0 Å². The fourth-order valence-electron chi connectivity index (χ4n) is 1.42. The second-order valence-corrected chi connectivity index (χ2v) is 4.40. The molecule has 0 amide bonds. The third kappa shape index (κ3) is 8.29. The van der Waals surface area contributed by atoms with Gasteiger partial charge in [-0.1, -0.05) is 20.3 Å². The Kier molecular flexibility index (Phi) is 9.07. The van der Waals surface area contributed by atoms with Crippen molar-refractivity contribution in [1.29, 1.82) is 0 Å². The summed E-state index contributed by atoms with van der Waals surface area (Å²) in [6.45, 7) is 5.42. The van der Waals surface area contributed by atoms with Crippen LogP contribution in [0.4, 0.5) is 0 Å². The summed E-state index contributed by atoms with van der Waals surface area (Å²) in [5.74, 6) is -2.36. The van der Waals surface area contributed by atoms with Gasteiger partial charge in [-0.15, -0.1) is 0 Å².